The molecule has 0 saturated heterocycles. The lowest BCUT2D eigenvalue weighted by atomic mass is 9.94. The first-order valence-electron chi connectivity index (χ1n) is 6.92. The Kier molecular flexibility index (Phi) is 5.08. The molecule has 0 aliphatic heterocycles. The number of halogens is 1. The van der Waals surface area contributed by atoms with Crippen LogP contribution in [0, 0.1) is 0 Å². The molecule has 2 rings (SSSR count). The molecule has 1 saturated carbocycles. The van der Waals surface area contributed by atoms with Crippen molar-refractivity contribution in [2.24, 2.45) is 0 Å². The van der Waals surface area contributed by atoms with Crippen molar-refractivity contribution in [2.45, 2.75) is 38.1 Å². The highest BCUT2D eigenvalue weighted by Crippen LogP contribution is 2.22. The predicted octanol–water partition coefficient (Wildman–Crippen LogP) is 3.54. The van der Waals surface area contributed by atoms with E-state index in [1.54, 1.807) is 0 Å². The van der Waals surface area contributed by atoms with E-state index in [1.165, 1.54) is 19.3 Å². The molecule has 0 bridgehead atoms. The normalized spacial score (nSPS) is 16.1. The SMILES string of the molecule is CN(C(=O)CNc1ccccc1Cl)C1CCCCC1. The number of para-hydroxylation sites is 1. The third kappa shape index (κ3) is 3.87. The minimum atomic E-state index is 0.131. The fourth-order valence-corrected chi connectivity index (χ4v) is 2.77. The van der Waals surface area contributed by atoms with Crippen LogP contribution in [-0.4, -0.2) is 30.4 Å². The number of carbonyl (C=O) groups is 1. The quantitative estimate of drug-likeness (QED) is 0.915. The molecule has 1 N–H and O–H groups in total. The van der Waals surface area contributed by atoms with E-state index in [1.807, 2.05) is 36.2 Å². The molecule has 1 amide bonds. The Bertz CT molecular complexity index is 430. The first-order chi connectivity index (χ1) is 9.18. The number of anilines is 1. The second-order valence-corrected chi connectivity index (χ2v) is 5.54. The second kappa shape index (κ2) is 6.80. The summed E-state index contributed by atoms with van der Waals surface area (Å²) in [6, 6.07) is 7.90. The Hall–Kier alpha value is -1.22. The van der Waals surface area contributed by atoms with E-state index in [4.69, 9.17) is 11.6 Å². The summed E-state index contributed by atoms with van der Waals surface area (Å²) in [5.41, 5.74) is 0.814. The first kappa shape index (κ1) is 14.2. The third-order valence-electron chi connectivity index (χ3n) is 3.82. The molecule has 1 aliphatic rings. The van der Waals surface area contributed by atoms with Crippen molar-refractivity contribution in [1.29, 1.82) is 0 Å². The maximum Gasteiger partial charge on any atom is 0.241 e. The lowest BCUT2D eigenvalue weighted by Crippen LogP contribution is -2.41. The summed E-state index contributed by atoms with van der Waals surface area (Å²) in [4.78, 5) is 14.0. The number of amides is 1. The summed E-state index contributed by atoms with van der Waals surface area (Å²) in [5.74, 6) is 0.131. The maximum absolute atomic E-state index is 12.1. The minimum absolute atomic E-state index is 0.131. The van der Waals surface area contributed by atoms with Gasteiger partial charge in [-0.1, -0.05) is 43.0 Å². The standard InChI is InChI=1S/C15H21ClN2O/c1-18(12-7-3-2-4-8-12)15(19)11-17-14-10-6-5-9-13(14)16/h5-6,9-10,12,17H,2-4,7-8,11H2,1H3. The zero-order valence-corrected chi connectivity index (χ0v) is 12.1. The number of hydrogen-bond acceptors (Lipinski definition) is 2. The molecule has 1 fully saturated rings. The van der Waals surface area contributed by atoms with E-state index >= 15 is 0 Å². The van der Waals surface area contributed by atoms with Crippen LogP contribution >= 0.6 is 11.6 Å². The molecule has 104 valence electrons. The first-order valence-corrected chi connectivity index (χ1v) is 7.30. The lowest BCUT2D eigenvalue weighted by Gasteiger charge is -2.31. The fourth-order valence-electron chi connectivity index (χ4n) is 2.57. The van der Waals surface area contributed by atoms with Gasteiger partial charge in [0.25, 0.3) is 0 Å². The molecule has 0 atom stereocenters. The van der Waals surface area contributed by atoms with Crippen LogP contribution in [0.15, 0.2) is 24.3 Å². The Morgan fingerprint density at radius 3 is 2.68 bits per heavy atom. The largest absolute Gasteiger partial charge is 0.375 e. The number of nitrogens with zero attached hydrogens (tertiary/aromatic N) is 1. The molecular formula is C15H21ClN2O. The van der Waals surface area contributed by atoms with Crippen LogP contribution in [0.5, 0.6) is 0 Å². The second-order valence-electron chi connectivity index (χ2n) is 5.13. The van der Waals surface area contributed by atoms with Crippen molar-refractivity contribution in [3.63, 3.8) is 0 Å². The molecule has 1 aliphatic carbocycles. The molecule has 0 aromatic heterocycles. The van der Waals surface area contributed by atoms with E-state index in [0.717, 1.165) is 18.5 Å². The smallest absolute Gasteiger partial charge is 0.241 e. The molecule has 0 heterocycles. The van der Waals surface area contributed by atoms with Gasteiger partial charge in [-0.15, -0.1) is 0 Å². The van der Waals surface area contributed by atoms with Crippen LogP contribution in [0.4, 0.5) is 5.69 Å². The number of likely N-dealkylation sites (N-methyl/N-ethyl adjacent to an activating group) is 1. The van der Waals surface area contributed by atoms with Gasteiger partial charge in [-0.2, -0.15) is 0 Å². The van der Waals surface area contributed by atoms with Crippen molar-refractivity contribution >= 4 is 23.2 Å². The number of hydrogen-bond donors (Lipinski definition) is 1. The highest BCUT2D eigenvalue weighted by Gasteiger charge is 2.21. The topological polar surface area (TPSA) is 32.3 Å². The Morgan fingerprint density at radius 2 is 2.00 bits per heavy atom. The number of benzene rings is 1. The van der Waals surface area contributed by atoms with Gasteiger partial charge < -0.3 is 10.2 Å². The van der Waals surface area contributed by atoms with Gasteiger partial charge in [-0.05, 0) is 25.0 Å². The average molecular weight is 281 g/mol. The molecule has 1 aromatic rings. The molecule has 0 radical (unpaired) electrons. The molecule has 0 unspecified atom stereocenters. The zero-order chi connectivity index (χ0) is 13.7. The van der Waals surface area contributed by atoms with Gasteiger partial charge in [0, 0.05) is 13.1 Å². The van der Waals surface area contributed by atoms with Crippen molar-refractivity contribution in [2.75, 3.05) is 18.9 Å². The summed E-state index contributed by atoms with van der Waals surface area (Å²) in [7, 11) is 1.91. The van der Waals surface area contributed by atoms with Gasteiger partial charge in [0.1, 0.15) is 0 Å². The van der Waals surface area contributed by atoms with Crippen LogP contribution in [0.3, 0.4) is 0 Å². The molecular weight excluding hydrogens is 260 g/mol. The third-order valence-corrected chi connectivity index (χ3v) is 4.15. The van der Waals surface area contributed by atoms with Crippen LogP contribution in [0.2, 0.25) is 5.02 Å². The summed E-state index contributed by atoms with van der Waals surface area (Å²) < 4.78 is 0. The summed E-state index contributed by atoms with van der Waals surface area (Å²) in [6.45, 7) is 0.302. The number of rotatable bonds is 4. The Morgan fingerprint density at radius 1 is 1.32 bits per heavy atom. The maximum atomic E-state index is 12.1. The van der Waals surface area contributed by atoms with Crippen molar-refractivity contribution in [3.8, 4) is 0 Å². The Labute approximate surface area is 119 Å². The molecule has 19 heavy (non-hydrogen) atoms. The van der Waals surface area contributed by atoms with E-state index < -0.39 is 0 Å². The van der Waals surface area contributed by atoms with Crippen LogP contribution in [0.25, 0.3) is 0 Å². The fraction of sp³-hybridized carbons (Fsp3) is 0.533. The van der Waals surface area contributed by atoms with Gasteiger partial charge in [-0.3, -0.25) is 4.79 Å². The minimum Gasteiger partial charge on any atom is -0.375 e. The van der Waals surface area contributed by atoms with Crippen molar-refractivity contribution in [1.82, 2.24) is 4.90 Å². The predicted molar refractivity (Wildman–Crippen MR) is 79.6 cm³/mol. The van der Waals surface area contributed by atoms with Crippen LogP contribution in [0.1, 0.15) is 32.1 Å². The molecule has 4 heteroatoms. The average Bonchev–Trinajstić information content (AvgIpc) is 2.46. The Balaban J connectivity index is 1.85. The van der Waals surface area contributed by atoms with Crippen LogP contribution < -0.4 is 5.32 Å². The van der Waals surface area contributed by atoms with Gasteiger partial charge in [0.2, 0.25) is 5.91 Å². The van der Waals surface area contributed by atoms with E-state index in [0.29, 0.717) is 17.6 Å². The lowest BCUT2D eigenvalue weighted by molar-refractivity contribution is -0.130. The highest BCUT2D eigenvalue weighted by atomic mass is 35.5. The summed E-state index contributed by atoms with van der Waals surface area (Å²) in [6.07, 6.45) is 6.04. The van der Waals surface area contributed by atoms with Gasteiger partial charge in [0.05, 0.1) is 17.3 Å². The monoisotopic (exact) mass is 280 g/mol. The molecule has 3 nitrogen and oxygen atoms in total. The van der Waals surface area contributed by atoms with Gasteiger partial charge in [-0.25, -0.2) is 0 Å². The summed E-state index contributed by atoms with van der Waals surface area (Å²) in [5, 5.41) is 3.76. The molecule has 1 aromatic carbocycles. The number of carbonyl (C=O) groups excluding carboxylic acids is 1. The van der Waals surface area contributed by atoms with Crippen molar-refractivity contribution in [3.05, 3.63) is 29.3 Å². The zero-order valence-electron chi connectivity index (χ0n) is 11.4. The number of nitrogens with one attached hydrogen (secondary N) is 1. The summed E-state index contributed by atoms with van der Waals surface area (Å²) >= 11 is 6.05. The van der Waals surface area contributed by atoms with Gasteiger partial charge >= 0.3 is 0 Å². The van der Waals surface area contributed by atoms with Gasteiger partial charge in [0.15, 0.2) is 0 Å². The van der Waals surface area contributed by atoms with E-state index in [-0.39, 0.29) is 5.91 Å². The highest BCUT2D eigenvalue weighted by molar-refractivity contribution is 6.33. The van der Waals surface area contributed by atoms with Crippen molar-refractivity contribution < 1.29 is 4.79 Å². The van der Waals surface area contributed by atoms with E-state index in [2.05, 4.69) is 5.32 Å². The van der Waals surface area contributed by atoms with E-state index in [9.17, 15) is 4.79 Å². The molecule has 0 spiro atoms. The van der Waals surface area contributed by atoms with Crippen LogP contribution in [-0.2, 0) is 4.79 Å².